The normalized spacial score (nSPS) is 10.3. The van der Waals surface area contributed by atoms with E-state index in [1.807, 2.05) is 0 Å². The molecule has 0 unspecified atom stereocenters. The highest BCUT2D eigenvalue weighted by Gasteiger charge is 2.15. The molecule has 2 N–H and O–H groups in total. The molecule has 0 aliphatic rings. The lowest BCUT2D eigenvalue weighted by Gasteiger charge is -2.07. The average molecular weight is 259 g/mol. The molecule has 0 spiro atoms. The Morgan fingerprint density at radius 3 is 2.53 bits per heavy atom. The van der Waals surface area contributed by atoms with E-state index in [2.05, 4.69) is 0 Å². The number of rotatable bonds is 3. The summed E-state index contributed by atoms with van der Waals surface area (Å²) >= 11 is 0. The molecule has 2 rings (SSSR count). The van der Waals surface area contributed by atoms with Crippen molar-refractivity contribution in [1.82, 2.24) is 0 Å². The number of halogens is 1. The Hall–Kier alpha value is -2.36. The van der Waals surface area contributed by atoms with Crippen LogP contribution in [-0.4, -0.2) is 12.9 Å². The summed E-state index contributed by atoms with van der Waals surface area (Å²) in [6, 6.07) is 9.06. The van der Waals surface area contributed by atoms with Gasteiger partial charge in [0.15, 0.2) is 5.78 Å². The number of nitrogens with two attached hydrogens (primary N) is 1. The summed E-state index contributed by atoms with van der Waals surface area (Å²) in [5, 5.41) is 0. The number of ether oxygens (including phenoxy) is 1. The lowest BCUT2D eigenvalue weighted by molar-refractivity contribution is 0.103. The first kappa shape index (κ1) is 13.1. The van der Waals surface area contributed by atoms with E-state index in [1.54, 1.807) is 31.2 Å². The molecule has 0 aliphatic carbocycles. The van der Waals surface area contributed by atoms with Crippen LogP contribution in [0.15, 0.2) is 36.4 Å². The molecule has 0 atom stereocenters. The lowest BCUT2D eigenvalue weighted by atomic mass is 10.0. The summed E-state index contributed by atoms with van der Waals surface area (Å²) < 4.78 is 18.7. The van der Waals surface area contributed by atoms with Crippen LogP contribution in [0.1, 0.15) is 21.5 Å². The Labute approximate surface area is 110 Å². The second kappa shape index (κ2) is 5.10. The Morgan fingerprint density at radius 2 is 1.95 bits per heavy atom. The van der Waals surface area contributed by atoms with Crippen molar-refractivity contribution < 1.29 is 13.9 Å². The molecule has 98 valence electrons. The third-order valence-corrected chi connectivity index (χ3v) is 2.95. The Kier molecular flexibility index (Phi) is 3.51. The van der Waals surface area contributed by atoms with Gasteiger partial charge in [0, 0.05) is 17.3 Å². The minimum atomic E-state index is -0.598. The van der Waals surface area contributed by atoms with Crippen molar-refractivity contribution >= 4 is 11.5 Å². The average Bonchev–Trinajstić information content (AvgIpc) is 2.41. The van der Waals surface area contributed by atoms with Gasteiger partial charge in [-0.15, -0.1) is 0 Å². The van der Waals surface area contributed by atoms with Gasteiger partial charge in [0.2, 0.25) is 0 Å². The molecule has 2 aromatic rings. The topological polar surface area (TPSA) is 52.3 Å². The van der Waals surface area contributed by atoms with Crippen molar-refractivity contribution in [3.05, 3.63) is 58.9 Å². The predicted octanol–water partition coefficient (Wildman–Crippen LogP) is 2.96. The van der Waals surface area contributed by atoms with Crippen LogP contribution in [0.5, 0.6) is 5.75 Å². The fourth-order valence-corrected chi connectivity index (χ4v) is 1.78. The molecule has 0 saturated carbocycles. The van der Waals surface area contributed by atoms with Crippen molar-refractivity contribution in [3.63, 3.8) is 0 Å². The Balaban J connectivity index is 2.41. The van der Waals surface area contributed by atoms with Crippen LogP contribution < -0.4 is 10.5 Å². The van der Waals surface area contributed by atoms with Gasteiger partial charge in [-0.2, -0.15) is 0 Å². The molecular weight excluding hydrogens is 245 g/mol. The number of carbonyl (C=O) groups excluding carboxylic acids is 1. The molecule has 0 aromatic heterocycles. The molecule has 3 nitrogen and oxygen atoms in total. The van der Waals surface area contributed by atoms with Gasteiger partial charge >= 0.3 is 0 Å². The number of ketones is 1. The third kappa shape index (κ3) is 2.57. The van der Waals surface area contributed by atoms with Gasteiger partial charge in [-0.3, -0.25) is 4.79 Å². The SMILES string of the molecule is COc1ccc(C(=O)c2ccc(N)c(C)c2)c(F)c1. The van der Waals surface area contributed by atoms with E-state index in [0.29, 0.717) is 17.0 Å². The molecule has 0 aliphatic heterocycles. The number of anilines is 1. The maximum atomic E-state index is 13.8. The standard InChI is InChI=1S/C15H14FNO2/c1-9-7-10(3-6-14(9)17)15(18)12-5-4-11(19-2)8-13(12)16/h3-8H,17H2,1-2H3. The van der Waals surface area contributed by atoms with E-state index in [-0.39, 0.29) is 11.3 Å². The fourth-order valence-electron chi connectivity index (χ4n) is 1.78. The van der Waals surface area contributed by atoms with Crippen LogP contribution in [0.4, 0.5) is 10.1 Å². The molecule has 0 bridgehead atoms. The van der Waals surface area contributed by atoms with Gasteiger partial charge in [0.25, 0.3) is 0 Å². The van der Waals surface area contributed by atoms with Crippen molar-refractivity contribution in [2.24, 2.45) is 0 Å². The number of carbonyl (C=O) groups is 1. The van der Waals surface area contributed by atoms with Crippen molar-refractivity contribution in [2.75, 3.05) is 12.8 Å². The van der Waals surface area contributed by atoms with Crippen LogP contribution in [0.25, 0.3) is 0 Å². The molecule has 0 amide bonds. The van der Waals surface area contributed by atoms with Gasteiger partial charge < -0.3 is 10.5 Å². The number of aryl methyl sites for hydroxylation is 1. The van der Waals surface area contributed by atoms with Crippen molar-refractivity contribution in [2.45, 2.75) is 6.92 Å². The first-order valence-corrected chi connectivity index (χ1v) is 5.77. The predicted molar refractivity (Wildman–Crippen MR) is 72.0 cm³/mol. The third-order valence-electron chi connectivity index (χ3n) is 2.95. The molecule has 0 radical (unpaired) electrons. The zero-order valence-corrected chi connectivity index (χ0v) is 10.7. The van der Waals surface area contributed by atoms with Crippen LogP contribution in [-0.2, 0) is 0 Å². The highest BCUT2D eigenvalue weighted by molar-refractivity contribution is 6.09. The summed E-state index contributed by atoms with van der Waals surface area (Å²) in [6.07, 6.45) is 0. The number of hydrogen-bond acceptors (Lipinski definition) is 3. The van der Waals surface area contributed by atoms with E-state index >= 15 is 0 Å². The summed E-state index contributed by atoms with van der Waals surface area (Å²) in [5.41, 5.74) is 7.52. The van der Waals surface area contributed by atoms with Crippen molar-refractivity contribution in [3.8, 4) is 5.75 Å². The van der Waals surface area contributed by atoms with E-state index in [1.165, 1.54) is 19.2 Å². The summed E-state index contributed by atoms with van der Waals surface area (Å²) in [7, 11) is 1.44. The first-order valence-electron chi connectivity index (χ1n) is 5.77. The van der Waals surface area contributed by atoms with Gasteiger partial charge in [0.1, 0.15) is 11.6 Å². The fraction of sp³-hybridized carbons (Fsp3) is 0.133. The molecular formula is C15H14FNO2. The molecule has 19 heavy (non-hydrogen) atoms. The van der Waals surface area contributed by atoms with Gasteiger partial charge in [-0.25, -0.2) is 4.39 Å². The Morgan fingerprint density at radius 1 is 1.21 bits per heavy atom. The number of nitrogen functional groups attached to an aromatic ring is 1. The molecule has 4 heteroatoms. The van der Waals surface area contributed by atoms with Crippen LogP contribution in [0.3, 0.4) is 0 Å². The van der Waals surface area contributed by atoms with E-state index < -0.39 is 5.82 Å². The van der Waals surface area contributed by atoms with Gasteiger partial charge in [0.05, 0.1) is 12.7 Å². The minimum absolute atomic E-state index is 0.0185. The second-order valence-corrected chi connectivity index (χ2v) is 4.25. The lowest BCUT2D eigenvalue weighted by Crippen LogP contribution is -2.05. The maximum Gasteiger partial charge on any atom is 0.195 e. The summed E-state index contributed by atoms with van der Waals surface area (Å²) in [5.74, 6) is -0.593. The highest BCUT2D eigenvalue weighted by atomic mass is 19.1. The zero-order valence-electron chi connectivity index (χ0n) is 10.7. The minimum Gasteiger partial charge on any atom is -0.497 e. The largest absolute Gasteiger partial charge is 0.497 e. The quantitative estimate of drug-likeness (QED) is 0.681. The Bertz CT molecular complexity index is 638. The summed E-state index contributed by atoms with van der Waals surface area (Å²) in [4.78, 5) is 12.2. The monoisotopic (exact) mass is 259 g/mol. The number of methoxy groups -OCH3 is 1. The number of benzene rings is 2. The van der Waals surface area contributed by atoms with Crippen molar-refractivity contribution in [1.29, 1.82) is 0 Å². The number of hydrogen-bond donors (Lipinski definition) is 1. The van der Waals surface area contributed by atoms with Crippen LogP contribution >= 0.6 is 0 Å². The van der Waals surface area contributed by atoms with E-state index in [0.717, 1.165) is 5.56 Å². The van der Waals surface area contributed by atoms with Gasteiger partial charge in [-0.05, 0) is 42.8 Å². The molecule has 0 fully saturated rings. The first-order chi connectivity index (χ1) is 9.02. The van der Waals surface area contributed by atoms with Gasteiger partial charge in [-0.1, -0.05) is 0 Å². The zero-order chi connectivity index (χ0) is 14.0. The second-order valence-electron chi connectivity index (χ2n) is 4.25. The van der Waals surface area contributed by atoms with E-state index in [4.69, 9.17) is 10.5 Å². The van der Waals surface area contributed by atoms with E-state index in [9.17, 15) is 9.18 Å². The maximum absolute atomic E-state index is 13.8. The molecule has 2 aromatic carbocycles. The molecule has 0 heterocycles. The van der Waals surface area contributed by atoms with Crippen LogP contribution in [0.2, 0.25) is 0 Å². The smallest absolute Gasteiger partial charge is 0.195 e. The highest BCUT2D eigenvalue weighted by Crippen LogP contribution is 2.21. The van der Waals surface area contributed by atoms with Crippen LogP contribution in [0, 0.1) is 12.7 Å². The summed E-state index contributed by atoms with van der Waals surface area (Å²) in [6.45, 7) is 1.80. The molecule has 0 saturated heterocycles.